The Morgan fingerprint density at radius 1 is 0.292 bits per heavy atom. The predicted octanol–water partition coefficient (Wildman–Crippen LogP) is 10.7. The first-order valence-corrected chi connectivity index (χ1v) is 26.6. The Balaban J connectivity index is 1.02. The van der Waals surface area contributed by atoms with Crippen LogP contribution in [-0.4, -0.2) is 79.7 Å². The van der Waals surface area contributed by atoms with E-state index in [1.54, 1.807) is 0 Å². The molecule has 0 aromatic carbocycles. The monoisotopic (exact) mass is 955 g/mol. The van der Waals surface area contributed by atoms with E-state index in [9.17, 15) is 0 Å². The number of aromatic amines is 2. The third kappa shape index (κ3) is 4.14. The van der Waals surface area contributed by atoms with Gasteiger partial charge < -0.3 is 9.97 Å². The number of hydrogen-bond donors (Lipinski definition) is 2. The van der Waals surface area contributed by atoms with E-state index in [0.29, 0.717) is 90.7 Å². The number of hydrogen-bond acceptors (Lipinski definition) is 14. The lowest BCUT2D eigenvalue weighted by atomic mass is 9.70. The van der Waals surface area contributed by atoms with Gasteiger partial charge in [-0.3, -0.25) is 0 Å². The maximum absolute atomic E-state index is 5.58. The fourth-order valence-electron chi connectivity index (χ4n) is 17.2. The summed E-state index contributed by atoms with van der Waals surface area (Å²) in [5.41, 5.74) is 14.6. The third-order valence-corrected chi connectivity index (χ3v) is 23.5. The smallest absolute Gasteiger partial charge is 0.184 e. The first kappa shape index (κ1) is 41.2. The maximum atomic E-state index is 5.58. The van der Waals surface area contributed by atoms with Gasteiger partial charge in [0.25, 0.3) is 0 Å². The lowest BCUT2D eigenvalue weighted by Crippen LogP contribution is -2.32. The fraction of sp³-hybridized carbons (Fsp3) is 0.571. The molecule has 2 N–H and O–H groups in total. The van der Waals surface area contributed by atoms with Gasteiger partial charge in [-0.25, -0.2) is 69.8 Å². The Morgan fingerprint density at radius 3 is 0.847 bits per heavy atom. The molecular formula is C56H58N16. The molecule has 16 bridgehead atoms. The molecule has 17 rings (SSSR count). The predicted molar refractivity (Wildman–Crippen MR) is 271 cm³/mol. The third-order valence-electron chi connectivity index (χ3n) is 23.5. The van der Waals surface area contributed by atoms with E-state index < -0.39 is 0 Å². The van der Waals surface area contributed by atoms with E-state index in [1.807, 2.05) is 0 Å². The molecule has 9 heterocycles. The molecule has 4 saturated carbocycles. The number of aromatic nitrogens is 16. The van der Waals surface area contributed by atoms with E-state index in [0.717, 1.165) is 96.9 Å². The summed E-state index contributed by atoms with van der Waals surface area (Å²) in [4.78, 5) is 84.1. The summed E-state index contributed by atoms with van der Waals surface area (Å²) in [6.45, 7) is 28.4. The Morgan fingerprint density at radius 2 is 0.542 bits per heavy atom. The van der Waals surface area contributed by atoms with Crippen molar-refractivity contribution >= 4 is 44.7 Å². The maximum Gasteiger partial charge on any atom is 0.184 e. The minimum absolute atomic E-state index is 0.0173. The molecule has 2 aliphatic heterocycles. The Labute approximate surface area is 415 Å². The Hall–Kier alpha value is -6.32. The molecule has 7 aromatic heterocycles. The first-order chi connectivity index (χ1) is 34.1. The van der Waals surface area contributed by atoms with E-state index in [1.165, 1.54) is 0 Å². The van der Waals surface area contributed by atoms with Crippen LogP contribution in [0.3, 0.4) is 0 Å². The van der Waals surface area contributed by atoms with Gasteiger partial charge in [0.15, 0.2) is 45.9 Å². The Kier molecular flexibility index (Phi) is 6.70. The first-order valence-electron chi connectivity index (χ1n) is 26.6. The quantitative estimate of drug-likeness (QED) is 0.145. The van der Waals surface area contributed by atoms with Gasteiger partial charge in [-0.2, -0.15) is 0 Å². The van der Waals surface area contributed by atoms with Gasteiger partial charge in [-0.15, -0.1) is 0 Å². The van der Waals surface area contributed by atoms with Gasteiger partial charge in [-0.05, 0) is 73.0 Å². The SMILES string of the molecule is CC1(C)[C@@H]2CC[C@@]1(C)c1nc3c(nc12)-c1nc-3nc2[nH]c(nc3nc(nc4[nH]c(n1)c1nc5c(nc41)[C@H]1CC[C@]5(C)C1(C)C)-c1nc4c(nc1-3)[C@H]1CC[C@]4(C)C1(C)C)c1nc3c(nc21)[C@H]1CC[C@]3(C)C1(C)C. The molecule has 0 unspecified atom stereocenters. The molecule has 362 valence electrons. The van der Waals surface area contributed by atoms with Gasteiger partial charge in [0, 0.05) is 45.3 Å². The van der Waals surface area contributed by atoms with Crippen LogP contribution >= 0.6 is 0 Å². The molecule has 0 radical (unpaired) electrons. The summed E-state index contributed by atoms with van der Waals surface area (Å²) in [6, 6.07) is 0. The molecule has 7 aromatic rings. The van der Waals surface area contributed by atoms with Crippen molar-refractivity contribution in [2.45, 2.75) is 180 Å². The lowest BCUT2D eigenvalue weighted by molar-refractivity contribution is 0.227. The van der Waals surface area contributed by atoms with Crippen LogP contribution in [0.15, 0.2) is 0 Å². The summed E-state index contributed by atoms with van der Waals surface area (Å²) in [5.74, 6) is 2.72. The van der Waals surface area contributed by atoms with Gasteiger partial charge in [-0.1, -0.05) is 83.1 Å². The second-order valence-electron chi connectivity index (χ2n) is 26.8. The van der Waals surface area contributed by atoms with Crippen molar-refractivity contribution in [3.8, 4) is 46.1 Å². The summed E-state index contributed by atoms with van der Waals surface area (Å²) in [6.07, 6.45) is 8.47. The number of fused-ring (bicyclic) bond motifs is 40. The highest BCUT2D eigenvalue weighted by atomic mass is 15.1. The second kappa shape index (κ2) is 11.7. The minimum atomic E-state index is -0.149. The molecule has 0 spiro atoms. The van der Waals surface area contributed by atoms with E-state index in [4.69, 9.17) is 69.8 Å². The van der Waals surface area contributed by atoms with Crippen molar-refractivity contribution in [1.82, 2.24) is 79.7 Å². The molecule has 16 heteroatoms. The van der Waals surface area contributed by atoms with E-state index >= 15 is 0 Å². The van der Waals surface area contributed by atoms with E-state index in [-0.39, 0.29) is 67.0 Å². The van der Waals surface area contributed by atoms with Crippen molar-refractivity contribution in [1.29, 1.82) is 0 Å². The zero-order valence-electron chi connectivity index (χ0n) is 43.2. The summed E-state index contributed by atoms with van der Waals surface area (Å²) < 4.78 is 0. The van der Waals surface area contributed by atoms with Crippen LogP contribution in [0, 0.1) is 21.7 Å². The van der Waals surface area contributed by atoms with Crippen molar-refractivity contribution in [3.05, 3.63) is 45.6 Å². The fourth-order valence-corrected chi connectivity index (χ4v) is 17.2. The summed E-state index contributed by atoms with van der Waals surface area (Å²) in [7, 11) is 0. The molecule has 0 saturated heterocycles. The molecule has 4 fully saturated rings. The molecule has 10 aliphatic rings. The van der Waals surface area contributed by atoms with Crippen LogP contribution < -0.4 is 0 Å². The number of H-pyrrole nitrogens is 2. The molecule has 0 amide bonds. The van der Waals surface area contributed by atoms with Crippen LogP contribution in [0.5, 0.6) is 0 Å². The van der Waals surface area contributed by atoms with Crippen molar-refractivity contribution < 1.29 is 0 Å². The topological polar surface area (TPSA) is 212 Å². The highest BCUT2D eigenvalue weighted by molar-refractivity contribution is 6.01. The van der Waals surface area contributed by atoms with Crippen LogP contribution in [-0.2, 0) is 21.7 Å². The summed E-state index contributed by atoms with van der Waals surface area (Å²) >= 11 is 0. The molecular weight excluding hydrogens is 897 g/mol. The van der Waals surface area contributed by atoms with Gasteiger partial charge >= 0.3 is 0 Å². The van der Waals surface area contributed by atoms with Crippen LogP contribution in [0.2, 0.25) is 0 Å². The Bertz CT molecular complexity index is 3770. The molecule has 8 aliphatic carbocycles. The molecule has 72 heavy (non-hydrogen) atoms. The highest BCUT2D eigenvalue weighted by Gasteiger charge is 2.65. The average Bonchev–Trinajstić information content (AvgIpc) is 4.25. The number of nitrogens with one attached hydrogen (secondary N) is 2. The van der Waals surface area contributed by atoms with Crippen molar-refractivity contribution in [2.75, 3.05) is 0 Å². The molecule has 16 nitrogen and oxygen atoms in total. The number of nitrogens with zero attached hydrogens (tertiary/aromatic N) is 14. The van der Waals surface area contributed by atoms with E-state index in [2.05, 4.69) is 93.1 Å². The normalized spacial score (nSPS) is 32.9. The number of rotatable bonds is 0. The zero-order chi connectivity index (χ0) is 49.1. The standard InChI is InChI=1S/C56H58N16/c1-49(2)21-13-17-53(49,9)37-25(21)57-29-33(61-37)45-65-41(29)69-46-34-31(59-27-23-15-18-54(10,38(27)62-34)51(23,5)6)43(67-46)71-48-36-32(60-28-24-16-20-56(12,40(28)64-36)52(24,7)8)44(68-48)72-47-35-30(42(66-47)70-45)58-26-22-14-19-55(11,39(26)63-35)50(22,3)4/h21-24H,13-20H2,1-12H3,(H2,65,66,67,68,69,70,71,72)/t21-,22-,23-,24-,53+,54+,55+,56+/m1/s1. The summed E-state index contributed by atoms with van der Waals surface area (Å²) in [5, 5.41) is 0. The highest BCUT2D eigenvalue weighted by Crippen LogP contribution is 2.70. The van der Waals surface area contributed by atoms with Crippen LogP contribution in [0.25, 0.3) is 90.7 Å². The minimum Gasteiger partial charge on any atom is -0.321 e. The second-order valence-corrected chi connectivity index (χ2v) is 26.8. The van der Waals surface area contributed by atoms with Gasteiger partial charge in [0.1, 0.15) is 44.8 Å². The molecule has 8 atom stereocenters. The zero-order valence-corrected chi connectivity index (χ0v) is 43.2. The average molecular weight is 955 g/mol. The van der Waals surface area contributed by atoms with Crippen molar-refractivity contribution in [3.63, 3.8) is 0 Å². The van der Waals surface area contributed by atoms with Crippen molar-refractivity contribution in [2.24, 2.45) is 21.7 Å². The van der Waals surface area contributed by atoms with Crippen LogP contribution in [0.1, 0.15) is 204 Å². The largest absolute Gasteiger partial charge is 0.321 e. The van der Waals surface area contributed by atoms with Gasteiger partial charge in [0.05, 0.1) is 45.6 Å². The lowest BCUT2D eigenvalue weighted by Gasteiger charge is -2.34. The van der Waals surface area contributed by atoms with Crippen LogP contribution in [0.4, 0.5) is 0 Å². The van der Waals surface area contributed by atoms with Gasteiger partial charge in [0.2, 0.25) is 0 Å².